The Morgan fingerprint density at radius 3 is 2.36 bits per heavy atom. The highest BCUT2D eigenvalue weighted by Gasteiger charge is 2.51. The van der Waals surface area contributed by atoms with Crippen molar-refractivity contribution in [3.63, 3.8) is 0 Å². The van der Waals surface area contributed by atoms with Gasteiger partial charge < -0.3 is 0 Å². The third-order valence-corrected chi connectivity index (χ3v) is 10.6. The molecule has 1 unspecified atom stereocenters. The van der Waals surface area contributed by atoms with Crippen molar-refractivity contribution in [1.82, 2.24) is 0 Å². The minimum Gasteiger partial charge on any atom is -0.0674 e. The summed E-state index contributed by atoms with van der Waals surface area (Å²) in [5, 5.41) is 2.26. The fraction of sp³-hybridized carbons (Fsp3) is 0.538. The molecule has 2 rings (SSSR count). The molecular formula is C13H20Si. The lowest BCUT2D eigenvalue weighted by atomic mass is 10.2. The van der Waals surface area contributed by atoms with Crippen LogP contribution < -0.4 is 5.19 Å². The average molecular weight is 204 g/mol. The third-order valence-electron chi connectivity index (χ3n) is 4.06. The Bertz CT molecular complexity index is 348. The molecule has 0 spiro atoms. The molecule has 0 nitrogen and oxygen atoms in total. The number of hydrogen-bond acceptors (Lipinski definition) is 0. The Morgan fingerprint density at radius 2 is 1.86 bits per heavy atom. The van der Waals surface area contributed by atoms with Crippen LogP contribution in [0.15, 0.2) is 24.3 Å². The van der Waals surface area contributed by atoms with Crippen molar-refractivity contribution in [3.8, 4) is 0 Å². The molecule has 0 N–H and O–H groups in total. The maximum Gasteiger partial charge on any atom is 0.0963 e. The SMILES string of the molecule is CC[Si]1(C(C)(C)C)Cc2ccccc21. The minimum absolute atomic E-state index is 0.524. The van der Waals surface area contributed by atoms with E-state index in [1.54, 1.807) is 10.8 Å². The molecule has 0 radical (unpaired) electrons. The van der Waals surface area contributed by atoms with Crippen molar-refractivity contribution in [2.24, 2.45) is 0 Å². The summed E-state index contributed by atoms with van der Waals surface area (Å²) < 4.78 is 0. The van der Waals surface area contributed by atoms with Gasteiger partial charge in [-0.25, -0.2) is 0 Å². The van der Waals surface area contributed by atoms with Gasteiger partial charge in [0, 0.05) is 0 Å². The second-order valence-electron chi connectivity index (χ2n) is 5.52. The van der Waals surface area contributed by atoms with Crippen molar-refractivity contribution in [1.29, 1.82) is 0 Å². The minimum atomic E-state index is -1.14. The molecular weight excluding hydrogens is 184 g/mol. The molecule has 1 heteroatoms. The fourth-order valence-corrected chi connectivity index (χ4v) is 8.05. The molecule has 1 aliphatic heterocycles. The second kappa shape index (κ2) is 2.96. The summed E-state index contributed by atoms with van der Waals surface area (Å²) in [6, 6.07) is 11.9. The van der Waals surface area contributed by atoms with Gasteiger partial charge in [-0.3, -0.25) is 0 Å². The zero-order valence-corrected chi connectivity index (χ0v) is 10.7. The van der Waals surface area contributed by atoms with Crippen molar-refractivity contribution in [2.45, 2.75) is 44.8 Å². The smallest absolute Gasteiger partial charge is 0.0674 e. The zero-order chi connectivity index (χ0) is 10.4. The summed E-state index contributed by atoms with van der Waals surface area (Å²) in [4.78, 5) is 0. The standard InChI is InChI=1S/C13H20Si/c1-5-14(13(2,3)4)10-11-8-6-7-9-12(11)14/h6-9H,5,10H2,1-4H3. The maximum absolute atomic E-state index is 2.43. The van der Waals surface area contributed by atoms with Gasteiger partial charge in [0.2, 0.25) is 0 Å². The average Bonchev–Trinajstić information content (AvgIpc) is 2.05. The Hall–Kier alpha value is -0.563. The summed E-state index contributed by atoms with van der Waals surface area (Å²) in [5.41, 5.74) is 1.62. The molecule has 0 saturated heterocycles. The topological polar surface area (TPSA) is 0 Å². The number of rotatable bonds is 1. The maximum atomic E-state index is 2.43. The number of fused-ring (bicyclic) bond motifs is 1. The van der Waals surface area contributed by atoms with Gasteiger partial charge in [0.1, 0.15) is 0 Å². The van der Waals surface area contributed by atoms with Crippen LogP contribution in [0.5, 0.6) is 0 Å². The van der Waals surface area contributed by atoms with E-state index in [0.717, 1.165) is 0 Å². The fourth-order valence-electron chi connectivity index (χ4n) is 2.97. The molecule has 1 aromatic carbocycles. The molecule has 14 heavy (non-hydrogen) atoms. The van der Waals surface area contributed by atoms with Crippen LogP contribution in [0.2, 0.25) is 11.1 Å². The van der Waals surface area contributed by atoms with E-state index in [2.05, 4.69) is 52.0 Å². The molecule has 0 amide bonds. The first-order chi connectivity index (χ1) is 6.51. The van der Waals surface area contributed by atoms with E-state index < -0.39 is 8.07 Å². The summed E-state index contributed by atoms with van der Waals surface area (Å²) in [6.45, 7) is 9.67. The quantitative estimate of drug-likeness (QED) is 0.616. The summed E-state index contributed by atoms with van der Waals surface area (Å²) in [6.07, 6.45) is 0. The molecule has 1 atom stereocenters. The van der Waals surface area contributed by atoms with Crippen LogP contribution >= 0.6 is 0 Å². The van der Waals surface area contributed by atoms with Gasteiger partial charge >= 0.3 is 0 Å². The van der Waals surface area contributed by atoms with E-state index in [-0.39, 0.29) is 0 Å². The first-order valence-electron chi connectivity index (χ1n) is 5.60. The van der Waals surface area contributed by atoms with E-state index in [4.69, 9.17) is 0 Å². The lowest BCUT2D eigenvalue weighted by Crippen LogP contribution is -2.65. The first-order valence-corrected chi connectivity index (χ1v) is 8.01. The lowest BCUT2D eigenvalue weighted by Gasteiger charge is -2.51. The molecule has 0 fully saturated rings. The Balaban J connectivity index is 2.47. The van der Waals surface area contributed by atoms with Crippen LogP contribution in [0.1, 0.15) is 33.3 Å². The molecule has 0 aliphatic carbocycles. The van der Waals surface area contributed by atoms with Gasteiger partial charge in [-0.1, -0.05) is 68.8 Å². The van der Waals surface area contributed by atoms with Gasteiger partial charge in [-0.05, 0) is 11.1 Å². The number of benzene rings is 1. The molecule has 1 heterocycles. The van der Waals surface area contributed by atoms with E-state index >= 15 is 0 Å². The van der Waals surface area contributed by atoms with E-state index in [1.165, 1.54) is 12.1 Å². The van der Waals surface area contributed by atoms with Gasteiger partial charge in [-0.15, -0.1) is 0 Å². The van der Waals surface area contributed by atoms with Gasteiger partial charge in [0.05, 0.1) is 8.07 Å². The van der Waals surface area contributed by atoms with Crippen molar-refractivity contribution in [3.05, 3.63) is 29.8 Å². The van der Waals surface area contributed by atoms with Crippen molar-refractivity contribution < 1.29 is 0 Å². The first kappa shape index (κ1) is 9.97. The third kappa shape index (κ3) is 1.11. The highest BCUT2D eigenvalue weighted by Crippen LogP contribution is 2.45. The largest absolute Gasteiger partial charge is 0.0963 e. The molecule has 0 saturated carbocycles. The van der Waals surface area contributed by atoms with E-state index in [9.17, 15) is 0 Å². The van der Waals surface area contributed by atoms with Crippen LogP contribution in [0, 0.1) is 0 Å². The summed E-state index contributed by atoms with van der Waals surface area (Å²) in [5.74, 6) is 0. The normalized spacial score (nSPS) is 25.4. The molecule has 0 bridgehead atoms. The molecule has 76 valence electrons. The Morgan fingerprint density at radius 1 is 1.21 bits per heavy atom. The Labute approximate surface area is 88.4 Å². The van der Waals surface area contributed by atoms with E-state index in [1.807, 2.05) is 0 Å². The van der Waals surface area contributed by atoms with Gasteiger partial charge in [-0.2, -0.15) is 0 Å². The van der Waals surface area contributed by atoms with Crippen LogP contribution in [0.3, 0.4) is 0 Å². The molecule has 1 aromatic rings. The molecule has 0 aromatic heterocycles. The van der Waals surface area contributed by atoms with Gasteiger partial charge in [0.15, 0.2) is 0 Å². The summed E-state index contributed by atoms with van der Waals surface area (Å²) in [7, 11) is -1.14. The van der Waals surface area contributed by atoms with Crippen LogP contribution in [0.25, 0.3) is 0 Å². The Kier molecular flexibility index (Phi) is 2.11. The predicted octanol–water partition coefficient (Wildman–Crippen LogP) is 3.26. The second-order valence-corrected chi connectivity index (χ2v) is 10.8. The predicted molar refractivity (Wildman–Crippen MR) is 65.7 cm³/mol. The van der Waals surface area contributed by atoms with Crippen molar-refractivity contribution in [2.75, 3.05) is 0 Å². The zero-order valence-electron chi connectivity index (χ0n) is 9.72. The van der Waals surface area contributed by atoms with Gasteiger partial charge in [0.25, 0.3) is 0 Å². The van der Waals surface area contributed by atoms with E-state index in [0.29, 0.717) is 5.04 Å². The highest BCUT2D eigenvalue weighted by molar-refractivity contribution is 6.97. The number of hydrogen-bond donors (Lipinski definition) is 0. The van der Waals surface area contributed by atoms with Crippen LogP contribution in [-0.2, 0) is 6.04 Å². The highest BCUT2D eigenvalue weighted by atomic mass is 28.3. The van der Waals surface area contributed by atoms with Crippen LogP contribution in [-0.4, -0.2) is 8.07 Å². The lowest BCUT2D eigenvalue weighted by molar-refractivity contribution is 0.703. The van der Waals surface area contributed by atoms with Crippen molar-refractivity contribution >= 4 is 13.3 Å². The molecule has 1 aliphatic rings. The van der Waals surface area contributed by atoms with Crippen LogP contribution in [0.4, 0.5) is 0 Å². The summed E-state index contributed by atoms with van der Waals surface area (Å²) >= 11 is 0. The monoisotopic (exact) mass is 204 g/mol.